The largest absolute Gasteiger partial charge is 0.445 e. The molecule has 21 heavy (non-hydrogen) atoms. The van der Waals surface area contributed by atoms with Crippen LogP contribution in [0, 0.1) is 19.7 Å². The second-order valence-electron chi connectivity index (χ2n) is 4.55. The quantitative estimate of drug-likeness (QED) is 0.870. The summed E-state index contributed by atoms with van der Waals surface area (Å²) in [6.07, 6.45) is 1.47. The average Bonchev–Trinajstić information content (AvgIpc) is 2.85. The number of benzene rings is 1. The van der Waals surface area contributed by atoms with Gasteiger partial charge in [0, 0.05) is 5.56 Å². The Hall–Kier alpha value is -1.77. The highest BCUT2D eigenvalue weighted by molar-refractivity contribution is 7.89. The monoisotopic (exact) mass is 314 g/mol. The summed E-state index contributed by atoms with van der Waals surface area (Å²) in [5.41, 5.74) is 0.175. The molecule has 0 amide bonds. The molecule has 0 aliphatic heterocycles. The van der Waals surface area contributed by atoms with E-state index in [0.717, 1.165) is 6.07 Å². The van der Waals surface area contributed by atoms with Gasteiger partial charge in [-0.15, -0.1) is 0 Å². The number of nitrogens with one attached hydrogen (secondary N) is 1. The van der Waals surface area contributed by atoms with Crippen molar-refractivity contribution in [1.29, 1.82) is 0 Å². The maximum atomic E-state index is 13.7. The lowest BCUT2D eigenvalue weighted by atomic mass is 10.1. The van der Waals surface area contributed by atoms with Crippen LogP contribution in [0.2, 0.25) is 0 Å². The molecule has 0 atom stereocenters. The zero-order chi connectivity index (χ0) is 15.6. The van der Waals surface area contributed by atoms with Crippen LogP contribution in [0.1, 0.15) is 22.8 Å². The van der Waals surface area contributed by atoms with Crippen molar-refractivity contribution >= 4 is 10.0 Å². The summed E-state index contributed by atoms with van der Waals surface area (Å²) in [7, 11) is -3.94. The van der Waals surface area contributed by atoms with Crippen LogP contribution in [0.4, 0.5) is 4.39 Å². The van der Waals surface area contributed by atoms with Crippen LogP contribution in [0.5, 0.6) is 0 Å². The summed E-state index contributed by atoms with van der Waals surface area (Å²) in [6, 6.07) is 2.34. The first-order chi connectivity index (χ1) is 9.83. The molecule has 0 aliphatic rings. The smallest absolute Gasteiger partial charge is 0.241 e. The van der Waals surface area contributed by atoms with Crippen molar-refractivity contribution < 1.29 is 22.3 Å². The SMILES string of the molecule is Cc1cnc(CNS(=O)(=O)c2cc(CO)cc(F)c2C)o1. The molecule has 1 aromatic heterocycles. The summed E-state index contributed by atoms with van der Waals surface area (Å²) in [5.74, 6) is 0.0927. The van der Waals surface area contributed by atoms with Gasteiger partial charge in [0.2, 0.25) is 15.9 Å². The van der Waals surface area contributed by atoms with Crippen molar-refractivity contribution in [2.45, 2.75) is 31.9 Å². The third-order valence-corrected chi connectivity index (χ3v) is 4.44. The number of aliphatic hydroxyl groups is 1. The highest BCUT2D eigenvalue weighted by atomic mass is 32.2. The molecule has 6 nitrogen and oxygen atoms in total. The molecule has 0 spiro atoms. The Morgan fingerprint density at radius 3 is 2.67 bits per heavy atom. The fourth-order valence-corrected chi connectivity index (χ4v) is 3.07. The molecule has 1 heterocycles. The maximum absolute atomic E-state index is 13.7. The number of rotatable bonds is 5. The lowest BCUT2D eigenvalue weighted by molar-refractivity contribution is 0.281. The Bertz CT molecular complexity index is 756. The van der Waals surface area contributed by atoms with Crippen molar-refractivity contribution in [2.75, 3.05) is 0 Å². The van der Waals surface area contributed by atoms with E-state index in [0.29, 0.717) is 5.76 Å². The molecule has 1 aromatic carbocycles. The standard InChI is InChI=1S/C13H15FN2O4S/c1-8-5-15-13(20-8)6-16-21(18,19)12-4-10(7-17)3-11(14)9(12)2/h3-5,16-17H,6-7H2,1-2H3. The molecule has 2 rings (SSSR count). The van der Waals surface area contributed by atoms with Crippen LogP contribution in [-0.4, -0.2) is 18.5 Å². The predicted octanol–water partition coefficient (Wildman–Crippen LogP) is 1.40. The molecule has 0 radical (unpaired) electrons. The first-order valence-electron chi connectivity index (χ1n) is 6.14. The summed E-state index contributed by atoms with van der Waals surface area (Å²) < 4.78 is 45.6. The van der Waals surface area contributed by atoms with E-state index in [2.05, 4.69) is 9.71 Å². The van der Waals surface area contributed by atoms with Gasteiger partial charge < -0.3 is 9.52 Å². The molecule has 2 aromatic rings. The number of sulfonamides is 1. The van der Waals surface area contributed by atoms with E-state index in [-0.39, 0.29) is 28.5 Å². The van der Waals surface area contributed by atoms with Gasteiger partial charge in [0.1, 0.15) is 11.6 Å². The van der Waals surface area contributed by atoms with Crippen LogP contribution < -0.4 is 4.72 Å². The molecule has 0 saturated carbocycles. The van der Waals surface area contributed by atoms with Crippen LogP contribution in [-0.2, 0) is 23.2 Å². The van der Waals surface area contributed by atoms with E-state index in [4.69, 9.17) is 9.52 Å². The molecule has 2 N–H and O–H groups in total. The molecule has 0 bridgehead atoms. The van der Waals surface area contributed by atoms with Gasteiger partial charge in [-0.05, 0) is 31.5 Å². The number of aliphatic hydroxyl groups excluding tert-OH is 1. The average molecular weight is 314 g/mol. The number of nitrogens with zero attached hydrogens (tertiary/aromatic N) is 1. The molecule has 0 unspecified atom stereocenters. The fraction of sp³-hybridized carbons (Fsp3) is 0.308. The van der Waals surface area contributed by atoms with Gasteiger partial charge in [0.05, 0.1) is 24.2 Å². The minimum absolute atomic E-state index is 0.0108. The third kappa shape index (κ3) is 3.46. The van der Waals surface area contributed by atoms with Crippen LogP contribution in [0.3, 0.4) is 0 Å². The summed E-state index contributed by atoms with van der Waals surface area (Å²) in [4.78, 5) is 3.67. The van der Waals surface area contributed by atoms with Gasteiger partial charge in [-0.25, -0.2) is 22.5 Å². The molecular formula is C13H15FN2O4S. The zero-order valence-corrected chi connectivity index (χ0v) is 12.4. The summed E-state index contributed by atoms with van der Waals surface area (Å²) in [5, 5.41) is 9.05. The Balaban J connectivity index is 2.29. The van der Waals surface area contributed by atoms with Gasteiger partial charge in [-0.2, -0.15) is 0 Å². The minimum atomic E-state index is -3.94. The van der Waals surface area contributed by atoms with E-state index < -0.39 is 22.4 Å². The lowest BCUT2D eigenvalue weighted by Crippen LogP contribution is -2.24. The van der Waals surface area contributed by atoms with E-state index in [1.54, 1.807) is 6.92 Å². The highest BCUT2D eigenvalue weighted by Crippen LogP contribution is 2.21. The number of aryl methyl sites for hydroxylation is 1. The Morgan fingerprint density at radius 2 is 2.10 bits per heavy atom. The van der Waals surface area contributed by atoms with Gasteiger partial charge in [-0.1, -0.05) is 0 Å². The number of oxazole rings is 1. The predicted molar refractivity (Wildman–Crippen MR) is 72.3 cm³/mol. The van der Waals surface area contributed by atoms with Crippen LogP contribution in [0.15, 0.2) is 27.6 Å². The van der Waals surface area contributed by atoms with E-state index in [1.807, 2.05) is 0 Å². The second kappa shape index (κ2) is 5.92. The Labute approximate surface area is 121 Å². The molecule has 0 fully saturated rings. The number of hydrogen-bond donors (Lipinski definition) is 2. The number of halogens is 1. The molecule has 0 aliphatic carbocycles. The fourth-order valence-electron chi connectivity index (χ4n) is 1.80. The van der Waals surface area contributed by atoms with Crippen LogP contribution in [0.25, 0.3) is 0 Å². The maximum Gasteiger partial charge on any atom is 0.241 e. The van der Waals surface area contributed by atoms with Crippen molar-refractivity contribution in [1.82, 2.24) is 9.71 Å². The summed E-state index contributed by atoms with van der Waals surface area (Å²) in [6.45, 7) is 2.47. The number of aromatic nitrogens is 1. The van der Waals surface area contributed by atoms with Crippen molar-refractivity contribution in [2.24, 2.45) is 0 Å². The first kappa shape index (κ1) is 15.6. The first-order valence-corrected chi connectivity index (χ1v) is 7.62. The topological polar surface area (TPSA) is 92.4 Å². The highest BCUT2D eigenvalue weighted by Gasteiger charge is 2.20. The van der Waals surface area contributed by atoms with Crippen molar-refractivity contribution in [3.63, 3.8) is 0 Å². The molecule has 8 heteroatoms. The number of hydrogen-bond acceptors (Lipinski definition) is 5. The van der Waals surface area contributed by atoms with E-state index in [1.165, 1.54) is 19.2 Å². The van der Waals surface area contributed by atoms with Crippen molar-refractivity contribution in [3.8, 4) is 0 Å². The Morgan fingerprint density at radius 1 is 1.38 bits per heavy atom. The van der Waals surface area contributed by atoms with Gasteiger partial charge in [0.15, 0.2) is 0 Å². The molecular weight excluding hydrogens is 299 g/mol. The Kier molecular flexibility index (Phi) is 4.40. The normalized spacial score (nSPS) is 11.8. The minimum Gasteiger partial charge on any atom is -0.445 e. The third-order valence-electron chi connectivity index (χ3n) is 2.91. The molecule has 114 valence electrons. The van der Waals surface area contributed by atoms with Gasteiger partial charge in [0.25, 0.3) is 0 Å². The van der Waals surface area contributed by atoms with Crippen molar-refractivity contribution in [3.05, 3.63) is 46.9 Å². The van der Waals surface area contributed by atoms with Crippen LogP contribution >= 0.6 is 0 Å². The van der Waals surface area contributed by atoms with E-state index in [9.17, 15) is 12.8 Å². The zero-order valence-electron chi connectivity index (χ0n) is 11.6. The summed E-state index contributed by atoms with van der Waals surface area (Å²) >= 11 is 0. The second-order valence-corrected chi connectivity index (χ2v) is 6.28. The van der Waals surface area contributed by atoms with E-state index >= 15 is 0 Å². The molecule has 0 saturated heterocycles. The van der Waals surface area contributed by atoms with Gasteiger partial charge >= 0.3 is 0 Å². The van der Waals surface area contributed by atoms with Gasteiger partial charge in [-0.3, -0.25) is 0 Å². The lowest BCUT2D eigenvalue weighted by Gasteiger charge is -2.10.